The Morgan fingerprint density at radius 3 is 1.50 bits per heavy atom. The van der Waals surface area contributed by atoms with E-state index in [9.17, 15) is 0 Å². The molecular weight excluding hydrogens is 897 g/mol. The van der Waals surface area contributed by atoms with E-state index in [4.69, 9.17) is 8.83 Å². The molecule has 0 N–H and O–H groups in total. The van der Waals surface area contributed by atoms with Gasteiger partial charge in [0.2, 0.25) is 0 Å². The summed E-state index contributed by atoms with van der Waals surface area (Å²) in [6, 6.07) is 88.0. The number of benzene rings is 11. The molecule has 2 aliphatic rings. The second-order valence-corrected chi connectivity index (χ2v) is 20.8. The van der Waals surface area contributed by atoms with Crippen LogP contribution in [0.2, 0.25) is 0 Å². The van der Waals surface area contributed by atoms with E-state index in [1.54, 1.807) is 0 Å². The van der Waals surface area contributed by atoms with E-state index in [0.717, 1.165) is 79.0 Å². The molecule has 0 fully saturated rings. The first-order valence-corrected chi connectivity index (χ1v) is 26.0. The summed E-state index contributed by atoms with van der Waals surface area (Å²) in [7, 11) is 0. The molecule has 2 aromatic heterocycles. The second kappa shape index (κ2) is 16.5. The van der Waals surface area contributed by atoms with Gasteiger partial charge in [0.15, 0.2) is 0 Å². The second-order valence-electron chi connectivity index (χ2n) is 20.8. The quantitative estimate of drug-likeness (QED) is 0.152. The highest BCUT2D eigenvalue weighted by molar-refractivity contribution is 6.11. The zero-order chi connectivity index (χ0) is 49.1. The van der Waals surface area contributed by atoms with Crippen molar-refractivity contribution >= 4 is 43.9 Å². The van der Waals surface area contributed by atoms with Gasteiger partial charge in [-0.1, -0.05) is 236 Å². The third-order valence-electron chi connectivity index (χ3n) is 16.4. The van der Waals surface area contributed by atoms with Gasteiger partial charge in [0.1, 0.15) is 22.3 Å². The Kier molecular flexibility index (Phi) is 9.53. The van der Waals surface area contributed by atoms with Crippen LogP contribution in [0.5, 0.6) is 0 Å². The third kappa shape index (κ3) is 6.44. The van der Waals surface area contributed by atoms with Gasteiger partial charge in [0.05, 0.1) is 5.41 Å². The molecule has 74 heavy (non-hydrogen) atoms. The molecule has 0 saturated carbocycles. The van der Waals surface area contributed by atoms with Crippen molar-refractivity contribution in [3.05, 3.63) is 287 Å². The first kappa shape index (κ1) is 42.7. The zero-order valence-electron chi connectivity index (χ0n) is 41.3. The first-order valence-electron chi connectivity index (χ1n) is 26.0. The highest BCUT2D eigenvalue weighted by Gasteiger charge is 2.52. The van der Waals surface area contributed by atoms with Gasteiger partial charge in [-0.2, -0.15) is 0 Å². The van der Waals surface area contributed by atoms with E-state index in [-0.39, 0.29) is 5.92 Å². The van der Waals surface area contributed by atoms with Crippen LogP contribution in [0.1, 0.15) is 56.0 Å². The number of aryl methyl sites for hydroxylation is 2. The van der Waals surface area contributed by atoms with Crippen LogP contribution in [0, 0.1) is 13.8 Å². The van der Waals surface area contributed by atoms with Gasteiger partial charge in [-0.15, -0.1) is 0 Å². The standard InChI is InChI=1S/C72H50O2/c1-44-31-34-56-57-35-32-45(2)38-65(57)72(64(56)37-44)63-28-14-23-53(48-16-4-3-5-17-48)69(63)62-36-33-47(42-66(62)72)41-52(49-18-11-20-51(43-49)55-25-13-27-61-59-22-7-9-30-68(59)74-71(55)61)40-46-15-10-19-50(39-46)54-24-12-26-60-58-21-6-8-29-67(58)73-70(54)60/h3-39,42-43,52H,40-41H2,1-2H3. The molecule has 0 radical (unpaired) electrons. The van der Waals surface area contributed by atoms with E-state index in [1.807, 2.05) is 6.07 Å². The summed E-state index contributed by atoms with van der Waals surface area (Å²) in [4.78, 5) is 0. The minimum Gasteiger partial charge on any atom is -0.455 e. The maximum Gasteiger partial charge on any atom is 0.143 e. The molecule has 0 bridgehead atoms. The van der Waals surface area contributed by atoms with Crippen molar-refractivity contribution in [2.45, 2.75) is 38.0 Å². The lowest BCUT2D eigenvalue weighted by Gasteiger charge is -2.31. The zero-order valence-corrected chi connectivity index (χ0v) is 41.3. The SMILES string of the molecule is Cc1ccc2c(c1)C1(c3cc(C)ccc3-2)c2cc(CC(Cc3cccc(-c4cccc5c4oc4ccccc45)c3)c3cccc(-c4cccc5c4oc4ccccc45)c3)ccc2-c2c(-c3ccccc3)cccc21. The molecule has 2 nitrogen and oxygen atoms in total. The number of hydrogen-bond donors (Lipinski definition) is 0. The van der Waals surface area contributed by atoms with Gasteiger partial charge in [-0.25, -0.2) is 0 Å². The van der Waals surface area contributed by atoms with Crippen LogP contribution >= 0.6 is 0 Å². The van der Waals surface area contributed by atoms with E-state index >= 15 is 0 Å². The fourth-order valence-electron chi connectivity index (χ4n) is 13.2. The number of fused-ring (bicyclic) bond motifs is 16. The van der Waals surface area contributed by atoms with E-state index in [1.165, 1.54) is 83.5 Å². The Bertz CT molecular complexity index is 4360. The topological polar surface area (TPSA) is 26.3 Å². The molecule has 0 amide bonds. The van der Waals surface area contributed by atoms with Crippen LogP contribution in [0.3, 0.4) is 0 Å². The average Bonchev–Trinajstić information content (AvgIpc) is 4.19. The number of para-hydroxylation sites is 4. The average molecular weight is 947 g/mol. The fourth-order valence-corrected chi connectivity index (χ4v) is 13.2. The minimum atomic E-state index is -0.485. The molecule has 0 saturated heterocycles. The van der Waals surface area contributed by atoms with Crippen molar-refractivity contribution in [2.75, 3.05) is 0 Å². The first-order chi connectivity index (χ1) is 36.5. The molecule has 13 aromatic rings. The minimum absolute atomic E-state index is 0.132. The molecule has 0 aliphatic heterocycles. The summed E-state index contributed by atoms with van der Waals surface area (Å²) in [5, 5.41) is 4.56. The smallest absolute Gasteiger partial charge is 0.143 e. The highest BCUT2D eigenvalue weighted by atomic mass is 16.3. The van der Waals surface area contributed by atoms with Crippen LogP contribution < -0.4 is 0 Å². The monoisotopic (exact) mass is 946 g/mol. The summed E-state index contributed by atoms with van der Waals surface area (Å²) in [6.07, 6.45) is 1.68. The predicted octanol–water partition coefficient (Wildman–Crippen LogP) is 19.0. The molecule has 2 aliphatic carbocycles. The third-order valence-corrected chi connectivity index (χ3v) is 16.4. The van der Waals surface area contributed by atoms with Gasteiger partial charge < -0.3 is 8.83 Å². The maximum atomic E-state index is 6.64. The van der Waals surface area contributed by atoms with Crippen molar-refractivity contribution < 1.29 is 8.83 Å². The van der Waals surface area contributed by atoms with Gasteiger partial charge in [0.25, 0.3) is 0 Å². The largest absolute Gasteiger partial charge is 0.455 e. The number of rotatable bonds is 8. The van der Waals surface area contributed by atoms with Crippen molar-refractivity contribution in [2.24, 2.45) is 0 Å². The van der Waals surface area contributed by atoms with Crippen molar-refractivity contribution in [1.82, 2.24) is 0 Å². The predicted molar refractivity (Wildman–Crippen MR) is 306 cm³/mol. The Labute approximate surface area is 430 Å². The molecule has 1 atom stereocenters. The van der Waals surface area contributed by atoms with Crippen LogP contribution in [0.4, 0.5) is 0 Å². The molecule has 2 heterocycles. The molecule has 350 valence electrons. The van der Waals surface area contributed by atoms with E-state index in [2.05, 4.69) is 244 Å². The summed E-state index contributed by atoms with van der Waals surface area (Å²) >= 11 is 0. The number of hydrogen-bond acceptors (Lipinski definition) is 2. The van der Waals surface area contributed by atoms with Gasteiger partial charge in [-0.3, -0.25) is 0 Å². The lowest BCUT2D eigenvalue weighted by molar-refractivity contribution is 0.669. The van der Waals surface area contributed by atoms with Gasteiger partial charge >= 0.3 is 0 Å². The summed E-state index contributed by atoms with van der Waals surface area (Å²) in [5.74, 6) is 0.132. The molecular formula is C72H50O2. The molecule has 1 unspecified atom stereocenters. The Morgan fingerprint density at radius 2 is 0.838 bits per heavy atom. The van der Waals surface area contributed by atoms with Crippen molar-refractivity contribution in [1.29, 1.82) is 0 Å². The Balaban J connectivity index is 0.908. The molecule has 1 spiro atoms. The molecule has 15 rings (SSSR count). The van der Waals surface area contributed by atoms with Crippen LogP contribution in [-0.2, 0) is 18.3 Å². The van der Waals surface area contributed by atoms with Crippen molar-refractivity contribution in [3.8, 4) is 55.6 Å². The normalized spacial score (nSPS) is 13.4. The van der Waals surface area contributed by atoms with Crippen LogP contribution in [-0.4, -0.2) is 0 Å². The fraction of sp³-hybridized carbons (Fsp3) is 0.0833. The van der Waals surface area contributed by atoms with Gasteiger partial charge in [-0.05, 0) is 128 Å². The summed E-state index contributed by atoms with van der Waals surface area (Å²) in [6.45, 7) is 4.49. The molecule has 11 aromatic carbocycles. The lowest BCUT2D eigenvalue weighted by Crippen LogP contribution is -2.26. The van der Waals surface area contributed by atoms with Crippen molar-refractivity contribution in [3.63, 3.8) is 0 Å². The van der Waals surface area contributed by atoms with Gasteiger partial charge in [0, 0.05) is 32.7 Å². The Morgan fingerprint density at radius 1 is 0.338 bits per heavy atom. The van der Waals surface area contributed by atoms with Crippen LogP contribution in [0.15, 0.2) is 245 Å². The lowest BCUT2D eigenvalue weighted by atomic mass is 9.69. The highest BCUT2D eigenvalue weighted by Crippen LogP contribution is 2.64. The maximum absolute atomic E-state index is 6.64. The summed E-state index contributed by atoms with van der Waals surface area (Å²) < 4.78 is 13.2. The number of furan rings is 2. The van der Waals surface area contributed by atoms with E-state index in [0.29, 0.717) is 0 Å². The summed E-state index contributed by atoms with van der Waals surface area (Å²) in [5.41, 5.74) is 27.5. The van der Waals surface area contributed by atoms with Crippen LogP contribution in [0.25, 0.3) is 99.5 Å². The Hall–Kier alpha value is -8.98. The molecule has 2 heteroatoms. The van der Waals surface area contributed by atoms with E-state index < -0.39 is 5.41 Å².